The molecule has 1 aromatic heterocycles. The quantitative estimate of drug-likeness (QED) is 0.790. The van der Waals surface area contributed by atoms with Gasteiger partial charge in [0, 0.05) is 10.9 Å². The molecule has 0 radical (unpaired) electrons. The Morgan fingerprint density at radius 3 is 2.75 bits per heavy atom. The van der Waals surface area contributed by atoms with Gasteiger partial charge in [-0.15, -0.1) is 11.8 Å². The van der Waals surface area contributed by atoms with Gasteiger partial charge in [-0.2, -0.15) is 4.98 Å². The molecular formula is C15H21N3OS. The standard InChI is InChI=1S/C15H21N3OS/c1-4-12(3)16-9-15-17-14(18-19-15)10-20-13-7-5-11(2)6-8-13/h5-8,12,16H,4,9-10H2,1-3H3. The molecule has 1 aromatic carbocycles. The Morgan fingerprint density at radius 1 is 1.30 bits per heavy atom. The highest BCUT2D eigenvalue weighted by atomic mass is 32.2. The number of aromatic nitrogens is 2. The third-order valence-corrected chi connectivity index (χ3v) is 4.12. The number of rotatable bonds is 7. The number of aryl methyl sites for hydroxylation is 1. The van der Waals surface area contributed by atoms with Crippen LogP contribution in [0.2, 0.25) is 0 Å². The van der Waals surface area contributed by atoms with Crippen molar-refractivity contribution in [2.45, 2.75) is 50.4 Å². The van der Waals surface area contributed by atoms with Gasteiger partial charge in [-0.3, -0.25) is 0 Å². The summed E-state index contributed by atoms with van der Waals surface area (Å²) in [6.07, 6.45) is 1.09. The van der Waals surface area contributed by atoms with E-state index in [9.17, 15) is 0 Å². The van der Waals surface area contributed by atoms with Gasteiger partial charge in [0.2, 0.25) is 5.89 Å². The Hall–Kier alpha value is -1.33. The maximum atomic E-state index is 5.23. The van der Waals surface area contributed by atoms with E-state index in [1.807, 2.05) is 0 Å². The van der Waals surface area contributed by atoms with Crippen LogP contribution in [0.25, 0.3) is 0 Å². The van der Waals surface area contributed by atoms with E-state index in [0.29, 0.717) is 18.5 Å². The molecule has 0 saturated heterocycles. The van der Waals surface area contributed by atoms with Crippen LogP contribution in [0.15, 0.2) is 33.7 Å². The van der Waals surface area contributed by atoms with Gasteiger partial charge in [-0.1, -0.05) is 29.8 Å². The number of thioether (sulfide) groups is 1. The van der Waals surface area contributed by atoms with Crippen LogP contribution in [-0.2, 0) is 12.3 Å². The van der Waals surface area contributed by atoms with Crippen LogP contribution in [0, 0.1) is 6.92 Å². The van der Waals surface area contributed by atoms with Gasteiger partial charge >= 0.3 is 0 Å². The first kappa shape index (κ1) is 15.1. The minimum atomic E-state index is 0.465. The SMILES string of the molecule is CCC(C)NCc1nc(CSc2ccc(C)cc2)no1. The molecule has 108 valence electrons. The molecule has 0 saturated carbocycles. The van der Waals surface area contributed by atoms with Gasteiger partial charge in [0.1, 0.15) is 0 Å². The average Bonchev–Trinajstić information content (AvgIpc) is 2.92. The fraction of sp³-hybridized carbons (Fsp3) is 0.467. The van der Waals surface area contributed by atoms with Gasteiger partial charge in [-0.05, 0) is 32.4 Å². The van der Waals surface area contributed by atoms with Gasteiger partial charge in [-0.25, -0.2) is 0 Å². The zero-order valence-corrected chi connectivity index (χ0v) is 13.0. The molecule has 1 unspecified atom stereocenters. The molecule has 0 bridgehead atoms. The fourth-order valence-corrected chi connectivity index (χ4v) is 2.35. The second kappa shape index (κ2) is 7.45. The summed E-state index contributed by atoms with van der Waals surface area (Å²) in [7, 11) is 0. The summed E-state index contributed by atoms with van der Waals surface area (Å²) in [5.74, 6) is 2.14. The van der Waals surface area contributed by atoms with Crippen molar-refractivity contribution in [1.29, 1.82) is 0 Å². The van der Waals surface area contributed by atoms with Gasteiger partial charge in [0.05, 0.1) is 12.3 Å². The molecule has 0 fully saturated rings. The minimum Gasteiger partial charge on any atom is -0.338 e. The summed E-state index contributed by atoms with van der Waals surface area (Å²) >= 11 is 1.72. The number of nitrogens with one attached hydrogen (secondary N) is 1. The molecule has 2 rings (SSSR count). The molecule has 20 heavy (non-hydrogen) atoms. The van der Waals surface area contributed by atoms with Crippen molar-refractivity contribution < 1.29 is 4.52 Å². The second-order valence-electron chi connectivity index (χ2n) is 4.90. The van der Waals surface area contributed by atoms with Crippen molar-refractivity contribution in [2.75, 3.05) is 0 Å². The lowest BCUT2D eigenvalue weighted by atomic mass is 10.2. The maximum absolute atomic E-state index is 5.23. The highest BCUT2D eigenvalue weighted by molar-refractivity contribution is 7.98. The lowest BCUT2D eigenvalue weighted by Crippen LogP contribution is -2.24. The molecule has 0 amide bonds. The predicted molar refractivity (Wildman–Crippen MR) is 81.6 cm³/mol. The van der Waals surface area contributed by atoms with Gasteiger partial charge in [0.25, 0.3) is 0 Å². The van der Waals surface area contributed by atoms with E-state index in [2.05, 4.69) is 60.5 Å². The molecule has 2 aromatic rings. The van der Waals surface area contributed by atoms with Crippen LogP contribution >= 0.6 is 11.8 Å². The van der Waals surface area contributed by atoms with Crippen LogP contribution in [0.1, 0.15) is 37.5 Å². The molecule has 1 N–H and O–H groups in total. The monoisotopic (exact) mass is 291 g/mol. The lowest BCUT2D eigenvalue weighted by molar-refractivity contribution is 0.355. The number of nitrogens with zero attached hydrogens (tertiary/aromatic N) is 2. The Bertz CT molecular complexity index is 524. The molecule has 4 nitrogen and oxygen atoms in total. The van der Waals surface area contributed by atoms with Crippen LogP contribution in [0.3, 0.4) is 0 Å². The Kier molecular flexibility index (Phi) is 5.61. The highest BCUT2D eigenvalue weighted by Crippen LogP contribution is 2.21. The first-order valence-electron chi connectivity index (χ1n) is 6.91. The van der Waals surface area contributed by atoms with E-state index in [-0.39, 0.29) is 0 Å². The van der Waals surface area contributed by atoms with Crippen LogP contribution in [0.4, 0.5) is 0 Å². The topological polar surface area (TPSA) is 51.0 Å². The first-order valence-corrected chi connectivity index (χ1v) is 7.90. The average molecular weight is 291 g/mol. The molecule has 1 heterocycles. The number of hydrogen-bond acceptors (Lipinski definition) is 5. The predicted octanol–water partition coefficient (Wildman–Crippen LogP) is 3.56. The first-order chi connectivity index (χ1) is 9.67. The van der Waals surface area contributed by atoms with Crippen molar-refractivity contribution in [2.24, 2.45) is 0 Å². The maximum Gasteiger partial charge on any atom is 0.240 e. The molecule has 0 spiro atoms. The summed E-state index contributed by atoms with van der Waals surface area (Å²) in [5.41, 5.74) is 1.27. The van der Waals surface area contributed by atoms with Crippen LogP contribution < -0.4 is 5.32 Å². The van der Waals surface area contributed by atoms with E-state index in [4.69, 9.17) is 4.52 Å². The summed E-state index contributed by atoms with van der Waals surface area (Å²) in [6.45, 7) is 7.01. The van der Waals surface area contributed by atoms with Crippen molar-refractivity contribution in [1.82, 2.24) is 15.5 Å². The van der Waals surface area contributed by atoms with Crippen molar-refractivity contribution in [3.63, 3.8) is 0 Å². The highest BCUT2D eigenvalue weighted by Gasteiger charge is 2.07. The number of benzene rings is 1. The molecule has 5 heteroatoms. The Balaban J connectivity index is 1.82. The third kappa shape index (κ3) is 4.65. The zero-order valence-electron chi connectivity index (χ0n) is 12.2. The van der Waals surface area contributed by atoms with E-state index >= 15 is 0 Å². The largest absolute Gasteiger partial charge is 0.338 e. The molecule has 0 aliphatic carbocycles. The van der Waals surface area contributed by atoms with Crippen molar-refractivity contribution >= 4 is 11.8 Å². The Labute approximate surface area is 124 Å². The van der Waals surface area contributed by atoms with Gasteiger partial charge in [0.15, 0.2) is 5.82 Å². The third-order valence-electron chi connectivity index (χ3n) is 3.11. The van der Waals surface area contributed by atoms with E-state index in [1.54, 1.807) is 11.8 Å². The molecular weight excluding hydrogens is 270 g/mol. The minimum absolute atomic E-state index is 0.465. The van der Waals surface area contributed by atoms with Gasteiger partial charge < -0.3 is 9.84 Å². The number of hydrogen-bond donors (Lipinski definition) is 1. The van der Waals surface area contributed by atoms with Crippen LogP contribution in [-0.4, -0.2) is 16.2 Å². The zero-order chi connectivity index (χ0) is 14.4. The van der Waals surface area contributed by atoms with E-state index in [0.717, 1.165) is 18.0 Å². The second-order valence-corrected chi connectivity index (χ2v) is 5.95. The summed E-state index contributed by atoms with van der Waals surface area (Å²) < 4.78 is 5.23. The molecule has 0 aliphatic rings. The molecule has 1 atom stereocenters. The summed E-state index contributed by atoms with van der Waals surface area (Å²) in [5, 5.41) is 7.34. The van der Waals surface area contributed by atoms with Crippen LogP contribution in [0.5, 0.6) is 0 Å². The van der Waals surface area contributed by atoms with Crippen molar-refractivity contribution in [3.05, 3.63) is 41.5 Å². The normalized spacial score (nSPS) is 12.6. The Morgan fingerprint density at radius 2 is 2.05 bits per heavy atom. The smallest absolute Gasteiger partial charge is 0.240 e. The lowest BCUT2D eigenvalue weighted by Gasteiger charge is -2.07. The van der Waals surface area contributed by atoms with E-state index in [1.165, 1.54) is 10.5 Å². The summed E-state index contributed by atoms with van der Waals surface area (Å²) in [6, 6.07) is 8.92. The summed E-state index contributed by atoms with van der Waals surface area (Å²) in [4.78, 5) is 5.61. The molecule has 0 aliphatic heterocycles. The van der Waals surface area contributed by atoms with Crippen molar-refractivity contribution in [3.8, 4) is 0 Å². The fourth-order valence-electron chi connectivity index (χ4n) is 1.61. The van der Waals surface area contributed by atoms with E-state index < -0.39 is 0 Å².